The van der Waals surface area contributed by atoms with Gasteiger partial charge in [0.05, 0.1) is 11.3 Å². The highest BCUT2D eigenvalue weighted by atomic mass is 32.2. The molecule has 0 aliphatic heterocycles. The molecule has 0 saturated carbocycles. The van der Waals surface area contributed by atoms with E-state index in [1.165, 1.54) is 28.0 Å². The summed E-state index contributed by atoms with van der Waals surface area (Å²) < 4.78 is 2.09. The number of aromatic nitrogens is 3. The molecule has 2 aromatic heterocycles. The van der Waals surface area contributed by atoms with E-state index in [4.69, 9.17) is 5.73 Å². The van der Waals surface area contributed by atoms with Crippen LogP contribution in [-0.4, -0.2) is 32.3 Å². The van der Waals surface area contributed by atoms with Crippen LogP contribution < -0.4 is 11.1 Å². The molecule has 1 unspecified atom stereocenters. The number of thiophene rings is 1. The van der Waals surface area contributed by atoms with Crippen LogP contribution in [0.4, 0.5) is 5.00 Å². The summed E-state index contributed by atoms with van der Waals surface area (Å²) in [6, 6.07) is 0. The molecule has 9 heteroatoms. The lowest BCUT2D eigenvalue weighted by atomic mass is 9.88. The zero-order valence-corrected chi connectivity index (χ0v) is 19.1. The van der Waals surface area contributed by atoms with Gasteiger partial charge in [0.15, 0.2) is 5.16 Å². The van der Waals surface area contributed by atoms with Crippen molar-refractivity contribution in [3.63, 3.8) is 0 Å². The average Bonchev–Trinajstić information content (AvgIpc) is 3.20. The van der Waals surface area contributed by atoms with Gasteiger partial charge in [-0.2, -0.15) is 0 Å². The molecule has 3 rings (SSSR count). The van der Waals surface area contributed by atoms with Gasteiger partial charge < -0.3 is 15.6 Å². The van der Waals surface area contributed by atoms with E-state index in [0.29, 0.717) is 16.5 Å². The molecule has 0 radical (unpaired) electrons. The van der Waals surface area contributed by atoms with Gasteiger partial charge in [-0.15, -0.1) is 21.5 Å². The van der Waals surface area contributed by atoms with Crippen molar-refractivity contribution in [3.8, 4) is 0 Å². The maximum Gasteiger partial charge on any atom is 0.251 e. The minimum Gasteiger partial charge on any atom is -0.365 e. The molecule has 1 aliphatic rings. The zero-order chi connectivity index (χ0) is 21.1. The van der Waals surface area contributed by atoms with E-state index in [-0.39, 0.29) is 17.6 Å². The first-order valence-electron chi connectivity index (χ1n) is 10.1. The second-order valence-electron chi connectivity index (χ2n) is 7.90. The van der Waals surface area contributed by atoms with Crippen molar-refractivity contribution in [1.82, 2.24) is 14.8 Å². The van der Waals surface area contributed by atoms with Gasteiger partial charge in [0, 0.05) is 17.3 Å². The number of fused-ring (bicyclic) bond motifs is 1. The van der Waals surface area contributed by atoms with Crippen LogP contribution in [-0.2, 0) is 24.2 Å². The smallest absolute Gasteiger partial charge is 0.251 e. The molecule has 0 fully saturated rings. The fourth-order valence-electron chi connectivity index (χ4n) is 3.66. The number of rotatable bonds is 8. The number of nitrogens with two attached hydrogens (primary N) is 1. The second-order valence-corrected chi connectivity index (χ2v) is 9.95. The molecule has 29 heavy (non-hydrogen) atoms. The van der Waals surface area contributed by atoms with Crippen LogP contribution in [0.15, 0.2) is 5.16 Å². The Kier molecular flexibility index (Phi) is 7.00. The molecule has 2 heterocycles. The van der Waals surface area contributed by atoms with Gasteiger partial charge in [-0.25, -0.2) is 0 Å². The molecule has 0 aromatic carbocycles. The number of nitrogens with one attached hydrogen (secondary N) is 1. The Bertz CT molecular complexity index is 903. The Balaban J connectivity index is 1.72. The molecular formula is C20H29N5O2S2. The SMILES string of the molecule is CCCn1c(SCC(=O)Nc2sc3c(c2C(N)=O)CCC(C)C3)nnc1C(C)C. The van der Waals surface area contributed by atoms with Crippen molar-refractivity contribution in [1.29, 1.82) is 0 Å². The molecule has 2 amide bonds. The van der Waals surface area contributed by atoms with Crippen molar-refractivity contribution in [2.24, 2.45) is 11.7 Å². The predicted octanol–water partition coefficient (Wildman–Crippen LogP) is 3.83. The molecule has 1 atom stereocenters. The highest BCUT2D eigenvalue weighted by Gasteiger charge is 2.27. The van der Waals surface area contributed by atoms with Crippen molar-refractivity contribution in [3.05, 3.63) is 21.8 Å². The summed E-state index contributed by atoms with van der Waals surface area (Å²) in [6.45, 7) is 9.31. The van der Waals surface area contributed by atoms with Gasteiger partial charge in [-0.3, -0.25) is 9.59 Å². The molecular weight excluding hydrogens is 406 g/mol. The summed E-state index contributed by atoms with van der Waals surface area (Å²) >= 11 is 2.86. The lowest BCUT2D eigenvalue weighted by molar-refractivity contribution is -0.113. The van der Waals surface area contributed by atoms with Gasteiger partial charge in [0.2, 0.25) is 5.91 Å². The molecule has 0 bridgehead atoms. The van der Waals surface area contributed by atoms with Crippen molar-refractivity contribution in [2.45, 2.75) is 71.0 Å². The molecule has 0 saturated heterocycles. The summed E-state index contributed by atoms with van der Waals surface area (Å²) in [6.07, 6.45) is 3.79. The molecule has 2 aromatic rings. The van der Waals surface area contributed by atoms with Crippen LogP contribution in [0.2, 0.25) is 0 Å². The Hall–Kier alpha value is -1.87. The zero-order valence-electron chi connectivity index (χ0n) is 17.4. The van der Waals surface area contributed by atoms with E-state index in [2.05, 4.69) is 47.8 Å². The van der Waals surface area contributed by atoms with Crippen LogP contribution in [0.3, 0.4) is 0 Å². The molecule has 3 N–H and O–H groups in total. The van der Waals surface area contributed by atoms with Crippen molar-refractivity contribution >= 4 is 39.9 Å². The number of nitrogens with zero attached hydrogens (tertiary/aromatic N) is 3. The Morgan fingerprint density at radius 3 is 2.79 bits per heavy atom. The second kappa shape index (κ2) is 9.30. The predicted molar refractivity (Wildman–Crippen MR) is 118 cm³/mol. The normalized spacial score (nSPS) is 16.1. The maximum atomic E-state index is 12.6. The molecule has 1 aliphatic carbocycles. The first kappa shape index (κ1) is 21.8. The summed E-state index contributed by atoms with van der Waals surface area (Å²) in [5.41, 5.74) is 7.15. The van der Waals surface area contributed by atoms with Crippen molar-refractivity contribution < 1.29 is 9.59 Å². The highest BCUT2D eigenvalue weighted by Crippen LogP contribution is 2.39. The van der Waals surface area contributed by atoms with Gasteiger partial charge in [0.1, 0.15) is 10.8 Å². The third-order valence-electron chi connectivity index (χ3n) is 5.05. The third kappa shape index (κ3) is 4.83. The first-order valence-corrected chi connectivity index (χ1v) is 11.9. The summed E-state index contributed by atoms with van der Waals surface area (Å²) in [5, 5.41) is 12.8. The number of hydrogen-bond donors (Lipinski definition) is 2. The number of amides is 2. The first-order chi connectivity index (χ1) is 13.8. The summed E-state index contributed by atoms with van der Waals surface area (Å²) in [7, 11) is 0. The number of carbonyl (C=O) groups is 2. The maximum absolute atomic E-state index is 12.6. The number of hydrogen-bond acceptors (Lipinski definition) is 6. The highest BCUT2D eigenvalue weighted by molar-refractivity contribution is 7.99. The van der Waals surface area contributed by atoms with Crippen LogP contribution in [0, 0.1) is 5.92 Å². The number of primary amides is 1. The van der Waals surface area contributed by atoms with Gasteiger partial charge in [-0.05, 0) is 37.2 Å². The topological polar surface area (TPSA) is 103 Å². The number of thioether (sulfide) groups is 1. The minimum absolute atomic E-state index is 0.165. The van der Waals surface area contributed by atoms with E-state index >= 15 is 0 Å². The Labute approximate surface area is 179 Å². The molecule has 0 spiro atoms. The lowest BCUT2D eigenvalue weighted by Gasteiger charge is -2.18. The van der Waals surface area contributed by atoms with E-state index in [0.717, 1.165) is 48.8 Å². The summed E-state index contributed by atoms with van der Waals surface area (Å²) in [4.78, 5) is 25.8. The van der Waals surface area contributed by atoms with E-state index in [9.17, 15) is 9.59 Å². The fourth-order valence-corrected chi connectivity index (χ4v) is 5.86. The van der Waals surface area contributed by atoms with E-state index in [1.807, 2.05) is 0 Å². The van der Waals surface area contributed by atoms with E-state index in [1.54, 1.807) is 0 Å². The van der Waals surface area contributed by atoms with Crippen LogP contribution in [0.25, 0.3) is 0 Å². The van der Waals surface area contributed by atoms with E-state index < -0.39 is 5.91 Å². The monoisotopic (exact) mass is 435 g/mol. The molecule has 7 nitrogen and oxygen atoms in total. The van der Waals surface area contributed by atoms with Gasteiger partial charge >= 0.3 is 0 Å². The largest absolute Gasteiger partial charge is 0.365 e. The van der Waals surface area contributed by atoms with Crippen molar-refractivity contribution in [2.75, 3.05) is 11.1 Å². The minimum atomic E-state index is -0.468. The molecule has 158 valence electrons. The Morgan fingerprint density at radius 1 is 1.38 bits per heavy atom. The Morgan fingerprint density at radius 2 is 2.14 bits per heavy atom. The van der Waals surface area contributed by atoms with Gasteiger partial charge in [-0.1, -0.05) is 39.5 Å². The van der Waals surface area contributed by atoms with Gasteiger partial charge in [0.25, 0.3) is 5.91 Å². The van der Waals surface area contributed by atoms with Crippen LogP contribution in [0.5, 0.6) is 0 Å². The summed E-state index contributed by atoms with van der Waals surface area (Å²) in [5.74, 6) is 1.37. The lowest BCUT2D eigenvalue weighted by Crippen LogP contribution is -2.20. The van der Waals surface area contributed by atoms with Crippen LogP contribution in [0.1, 0.15) is 73.1 Å². The average molecular weight is 436 g/mol. The quantitative estimate of drug-likeness (QED) is 0.614. The fraction of sp³-hybridized carbons (Fsp3) is 0.600. The standard InChI is InChI=1S/C20H29N5O2S2/c1-5-8-25-18(11(2)3)23-24-20(25)28-10-15(26)22-19-16(17(21)27)13-7-6-12(4)9-14(13)29-19/h11-12H,5-10H2,1-4H3,(H2,21,27)(H,22,26). The number of carbonyl (C=O) groups excluding carboxylic acids is 2. The van der Waals surface area contributed by atoms with Crippen LogP contribution >= 0.6 is 23.1 Å². The number of anilines is 1. The third-order valence-corrected chi connectivity index (χ3v) is 7.19.